The molecule has 0 radical (unpaired) electrons. The molecule has 3 nitrogen and oxygen atoms in total. The van der Waals surface area contributed by atoms with Crippen molar-refractivity contribution in [2.45, 2.75) is 30.2 Å². The van der Waals surface area contributed by atoms with E-state index in [1.54, 1.807) is 0 Å². The van der Waals surface area contributed by atoms with E-state index >= 15 is 0 Å². The molecule has 0 spiro atoms. The van der Waals surface area contributed by atoms with Gasteiger partial charge in [-0.15, -0.1) is 0 Å². The third-order valence-corrected chi connectivity index (χ3v) is 5.63. The van der Waals surface area contributed by atoms with E-state index < -0.39 is 15.8 Å². The molecule has 1 aromatic rings. The fourth-order valence-corrected chi connectivity index (χ4v) is 4.37. The number of hydrogen-bond acceptors (Lipinski definition) is 2. The van der Waals surface area contributed by atoms with Crippen molar-refractivity contribution in [3.8, 4) is 0 Å². The van der Waals surface area contributed by atoms with Crippen LogP contribution in [0.15, 0.2) is 29.2 Å². The molecule has 100 valence electrons. The zero-order valence-corrected chi connectivity index (χ0v) is 12.2. The van der Waals surface area contributed by atoms with Crippen molar-refractivity contribution in [3.63, 3.8) is 0 Å². The van der Waals surface area contributed by atoms with E-state index in [1.807, 2.05) is 0 Å². The monoisotopic (exact) mass is 335 g/mol. The Morgan fingerprint density at radius 3 is 2.56 bits per heavy atom. The van der Waals surface area contributed by atoms with E-state index in [9.17, 15) is 12.8 Å². The normalized spacial score (nSPS) is 24.3. The Kier molecular flexibility index (Phi) is 4.40. The van der Waals surface area contributed by atoms with E-state index in [0.29, 0.717) is 5.92 Å². The molecule has 1 fully saturated rings. The molecule has 2 rings (SSSR count). The van der Waals surface area contributed by atoms with Crippen molar-refractivity contribution in [2.75, 3.05) is 5.33 Å². The summed E-state index contributed by atoms with van der Waals surface area (Å²) in [7, 11) is -3.54. The second kappa shape index (κ2) is 5.67. The van der Waals surface area contributed by atoms with Gasteiger partial charge in [-0.1, -0.05) is 22.4 Å². The lowest BCUT2D eigenvalue weighted by Gasteiger charge is -2.18. The number of sulfonamides is 1. The van der Waals surface area contributed by atoms with Crippen LogP contribution in [0.25, 0.3) is 0 Å². The second-order valence-electron chi connectivity index (χ2n) is 4.53. The first-order chi connectivity index (χ1) is 8.53. The van der Waals surface area contributed by atoms with Gasteiger partial charge in [0.25, 0.3) is 0 Å². The van der Waals surface area contributed by atoms with Gasteiger partial charge in [-0.3, -0.25) is 0 Å². The average molecular weight is 336 g/mol. The summed E-state index contributed by atoms with van der Waals surface area (Å²) < 4.78 is 39.7. The van der Waals surface area contributed by atoms with Crippen LogP contribution in [-0.2, 0) is 10.0 Å². The molecule has 1 aromatic carbocycles. The van der Waals surface area contributed by atoms with Gasteiger partial charge in [-0.05, 0) is 43.0 Å². The number of nitrogens with one attached hydrogen (secondary N) is 1. The Labute approximate surface area is 115 Å². The number of alkyl halides is 1. The van der Waals surface area contributed by atoms with E-state index in [1.165, 1.54) is 12.1 Å². The summed E-state index contributed by atoms with van der Waals surface area (Å²) in [5.74, 6) is -0.103. The summed E-state index contributed by atoms with van der Waals surface area (Å²) in [6, 6.07) is 4.86. The van der Waals surface area contributed by atoms with Crippen LogP contribution in [0, 0.1) is 11.7 Å². The highest BCUT2D eigenvalue weighted by molar-refractivity contribution is 9.09. The van der Waals surface area contributed by atoms with Gasteiger partial charge in [0.15, 0.2) is 0 Å². The van der Waals surface area contributed by atoms with Crippen LogP contribution in [0.3, 0.4) is 0 Å². The lowest BCUT2D eigenvalue weighted by molar-refractivity contribution is 0.484. The van der Waals surface area contributed by atoms with Gasteiger partial charge in [0.2, 0.25) is 10.0 Å². The van der Waals surface area contributed by atoms with Crippen molar-refractivity contribution < 1.29 is 12.8 Å². The SMILES string of the molecule is O=S(=O)(NC1CCCC1CBr)c1ccc(F)cc1. The van der Waals surface area contributed by atoms with Crippen LogP contribution in [0.1, 0.15) is 19.3 Å². The minimum Gasteiger partial charge on any atom is -0.208 e. The molecule has 1 aliphatic carbocycles. The van der Waals surface area contributed by atoms with Gasteiger partial charge in [0.05, 0.1) is 4.90 Å². The second-order valence-corrected chi connectivity index (χ2v) is 6.89. The minimum absolute atomic E-state index is 0.0283. The molecule has 0 saturated heterocycles. The molecule has 0 aromatic heterocycles. The summed E-state index contributed by atoms with van der Waals surface area (Å²) in [6.07, 6.45) is 2.92. The van der Waals surface area contributed by atoms with Crippen LogP contribution in [0.4, 0.5) is 4.39 Å². The maximum absolute atomic E-state index is 12.8. The number of benzene rings is 1. The quantitative estimate of drug-likeness (QED) is 0.860. The van der Waals surface area contributed by atoms with Gasteiger partial charge in [0.1, 0.15) is 5.82 Å². The summed E-state index contributed by atoms with van der Waals surface area (Å²) in [4.78, 5) is 0.115. The molecule has 1 N–H and O–H groups in total. The zero-order valence-electron chi connectivity index (χ0n) is 9.77. The summed E-state index contributed by atoms with van der Waals surface area (Å²) in [5.41, 5.74) is 0. The van der Waals surface area contributed by atoms with Crippen molar-refractivity contribution in [1.82, 2.24) is 4.72 Å². The predicted molar refractivity (Wildman–Crippen MR) is 71.6 cm³/mol. The highest BCUT2D eigenvalue weighted by atomic mass is 79.9. The lowest BCUT2D eigenvalue weighted by atomic mass is 10.1. The van der Waals surface area contributed by atoms with Crippen molar-refractivity contribution >= 4 is 26.0 Å². The minimum atomic E-state index is -3.54. The molecule has 1 saturated carbocycles. The Morgan fingerprint density at radius 2 is 1.94 bits per heavy atom. The number of rotatable bonds is 4. The molecular weight excluding hydrogens is 321 g/mol. The molecule has 0 bridgehead atoms. The molecule has 2 unspecified atom stereocenters. The first kappa shape index (κ1) is 14.0. The standard InChI is InChI=1S/C12H15BrFNO2S/c13-8-9-2-1-3-12(9)15-18(16,17)11-6-4-10(14)5-7-11/h4-7,9,12,15H,1-3,8H2. The van der Waals surface area contributed by atoms with Crippen molar-refractivity contribution in [1.29, 1.82) is 0 Å². The number of hydrogen-bond donors (Lipinski definition) is 1. The highest BCUT2D eigenvalue weighted by Gasteiger charge is 2.30. The van der Waals surface area contributed by atoms with Gasteiger partial charge < -0.3 is 0 Å². The molecule has 0 amide bonds. The highest BCUT2D eigenvalue weighted by Crippen LogP contribution is 2.28. The third kappa shape index (κ3) is 3.10. The first-order valence-corrected chi connectivity index (χ1v) is 8.47. The van der Waals surface area contributed by atoms with Crippen LogP contribution in [0.2, 0.25) is 0 Å². The topological polar surface area (TPSA) is 46.2 Å². The van der Waals surface area contributed by atoms with Crippen LogP contribution >= 0.6 is 15.9 Å². The molecule has 0 aliphatic heterocycles. The third-order valence-electron chi connectivity index (χ3n) is 3.29. The van der Waals surface area contributed by atoms with Crippen LogP contribution in [-0.4, -0.2) is 19.8 Å². The molecule has 1 aliphatic rings. The van der Waals surface area contributed by atoms with Gasteiger partial charge in [0, 0.05) is 11.4 Å². The Morgan fingerprint density at radius 1 is 1.28 bits per heavy atom. The van der Waals surface area contributed by atoms with E-state index in [-0.39, 0.29) is 10.9 Å². The fourth-order valence-electron chi connectivity index (χ4n) is 2.26. The smallest absolute Gasteiger partial charge is 0.208 e. The molecule has 18 heavy (non-hydrogen) atoms. The summed E-state index contributed by atoms with van der Waals surface area (Å²) in [5, 5.41) is 0.795. The number of halogens is 2. The van der Waals surface area contributed by atoms with E-state index in [4.69, 9.17) is 0 Å². The molecule has 6 heteroatoms. The Hall–Kier alpha value is -0.460. The molecule has 0 heterocycles. The predicted octanol–water partition coefficient (Wildman–Crippen LogP) is 2.67. The summed E-state index contributed by atoms with van der Waals surface area (Å²) in [6.45, 7) is 0. The summed E-state index contributed by atoms with van der Waals surface area (Å²) >= 11 is 3.41. The van der Waals surface area contributed by atoms with Crippen LogP contribution in [0.5, 0.6) is 0 Å². The fraction of sp³-hybridized carbons (Fsp3) is 0.500. The van der Waals surface area contributed by atoms with Crippen molar-refractivity contribution in [2.24, 2.45) is 5.92 Å². The average Bonchev–Trinajstić information content (AvgIpc) is 2.76. The Balaban J connectivity index is 2.14. The zero-order chi connectivity index (χ0) is 13.2. The van der Waals surface area contributed by atoms with Gasteiger partial charge in [-0.2, -0.15) is 0 Å². The lowest BCUT2D eigenvalue weighted by Crippen LogP contribution is -2.37. The molecule has 2 atom stereocenters. The van der Waals surface area contributed by atoms with Gasteiger partial charge in [-0.25, -0.2) is 17.5 Å². The van der Waals surface area contributed by atoms with Crippen molar-refractivity contribution in [3.05, 3.63) is 30.1 Å². The first-order valence-electron chi connectivity index (χ1n) is 5.87. The molecular formula is C12H15BrFNO2S. The van der Waals surface area contributed by atoms with Crippen LogP contribution < -0.4 is 4.72 Å². The Bertz CT molecular complexity index is 503. The van der Waals surface area contributed by atoms with E-state index in [2.05, 4.69) is 20.7 Å². The van der Waals surface area contributed by atoms with Gasteiger partial charge >= 0.3 is 0 Å². The maximum atomic E-state index is 12.8. The van der Waals surface area contributed by atoms with E-state index in [0.717, 1.165) is 36.7 Å². The maximum Gasteiger partial charge on any atom is 0.240 e. The largest absolute Gasteiger partial charge is 0.240 e.